The molecule has 0 saturated heterocycles. The summed E-state index contributed by atoms with van der Waals surface area (Å²) >= 11 is 15.6. The highest BCUT2D eigenvalue weighted by Crippen LogP contribution is 2.57. The normalized spacial score (nSPS) is 11.2. The third-order valence-corrected chi connectivity index (χ3v) is 2.09. The second kappa shape index (κ2) is 3.93. The maximum Gasteiger partial charge on any atom is 0.289 e. The average molecular weight is 245 g/mol. The van der Waals surface area contributed by atoms with E-state index in [0.29, 0.717) is 5.75 Å². The molecule has 0 amide bonds. The van der Waals surface area contributed by atoms with E-state index in [1.54, 1.807) is 0 Å². The zero-order valence-electron chi connectivity index (χ0n) is 5.71. The van der Waals surface area contributed by atoms with Gasteiger partial charge in [0.25, 0.3) is 4.97 Å². The van der Waals surface area contributed by atoms with Gasteiger partial charge in [-0.2, -0.15) is 0 Å². The number of halogens is 3. The molecular weight excluding hydrogens is 241 g/mol. The van der Waals surface area contributed by atoms with Crippen LogP contribution in [-0.4, -0.2) is 0 Å². The van der Waals surface area contributed by atoms with E-state index >= 15 is 0 Å². The third kappa shape index (κ3) is 3.72. The van der Waals surface area contributed by atoms with Crippen molar-refractivity contribution in [1.29, 1.82) is 0 Å². The van der Waals surface area contributed by atoms with Gasteiger partial charge in [-0.05, 0) is 58.6 Å². The molecule has 0 bridgehead atoms. The lowest BCUT2D eigenvalue weighted by atomic mass is 10.3. The fraction of sp³-hybridized carbons (Fsp3) is 0. The van der Waals surface area contributed by atoms with E-state index in [0.717, 1.165) is 0 Å². The molecule has 0 fully saturated rings. The van der Waals surface area contributed by atoms with E-state index in [9.17, 15) is 4.39 Å². The van der Waals surface area contributed by atoms with Crippen molar-refractivity contribution in [1.82, 2.24) is 0 Å². The third-order valence-electron chi connectivity index (χ3n) is 1.03. The molecule has 0 heterocycles. The maximum absolute atomic E-state index is 12.4. The minimum atomic E-state index is -2.75. The molecule has 0 atom stereocenters. The molecule has 0 spiro atoms. The van der Waals surface area contributed by atoms with Crippen LogP contribution in [0.4, 0.5) is 4.39 Å². The Balaban J connectivity index is 2.78. The predicted octanol–water partition coefficient (Wildman–Crippen LogP) is 3.91. The summed E-state index contributed by atoms with van der Waals surface area (Å²) in [4.78, 5) is -2.75. The molecule has 66 valence electrons. The SMILES string of the molecule is Fc1ccc(OP(=S)(Cl)Cl)cc1. The summed E-state index contributed by atoms with van der Waals surface area (Å²) in [7, 11) is 0. The van der Waals surface area contributed by atoms with Gasteiger partial charge >= 0.3 is 0 Å². The molecule has 0 unspecified atom stereocenters. The van der Waals surface area contributed by atoms with Gasteiger partial charge in [-0.3, -0.25) is 0 Å². The Morgan fingerprint density at radius 3 is 2.17 bits per heavy atom. The monoisotopic (exact) mass is 244 g/mol. The zero-order valence-corrected chi connectivity index (χ0v) is 8.93. The quantitative estimate of drug-likeness (QED) is 0.730. The smallest absolute Gasteiger partial charge is 0.289 e. The lowest BCUT2D eigenvalue weighted by Gasteiger charge is -2.07. The van der Waals surface area contributed by atoms with Crippen LogP contribution in [0.2, 0.25) is 0 Å². The van der Waals surface area contributed by atoms with Crippen LogP contribution < -0.4 is 4.52 Å². The highest BCUT2D eigenvalue weighted by atomic mass is 35.9. The van der Waals surface area contributed by atoms with Crippen LogP contribution in [0.1, 0.15) is 0 Å². The number of hydrogen-bond donors (Lipinski definition) is 0. The first-order valence-corrected chi connectivity index (χ1v) is 7.45. The molecule has 1 nitrogen and oxygen atoms in total. The van der Waals surface area contributed by atoms with Crippen molar-refractivity contribution in [3.8, 4) is 5.75 Å². The van der Waals surface area contributed by atoms with Crippen molar-refractivity contribution >= 4 is 39.3 Å². The highest BCUT2D eigenvalue weighted by Gasteiger charge is 2.09. The lowest BCUT2D eigenvalue weighted by Crippen LogP contribution is -1.81. The maximum atomic E-state index is 12.4. The van der Waals surface area contributed by atoms with E-state index in [4.69, 9.17) is 27.0 Å². The van der Waals surface area contributed by atoms with E-state index in [2.05, 4.69) is 11.8 Å². The first-order chi connectivity index (χ1) is 5.47. The molecule has 0 aliphatic rings. The van der Waals surface area contributed by atoms with Crippen molar-refractivity contribution in [2.24, 2.45) is 0 Å². The minimum absolute atomic E-state index is 0.347. The van der Waals surface area contributed by atoms with Gasteiger partial charge in [-0.1, -0.05) is 0 Å². The van der Waals surface area contributed by atoms with Crippen LogP contribution in [0.3, 0.4) is 0 Å². The van der Waals surface area contributed by atoms with E-state index in [1.807, 2.05) is 0 Å². The molecule has 0 saturated carbocycles. The second-order valence-corrected chi connectivity index (χ2v) is 9.09. The zero-order chi connectivity index (χ0) is 9.19. The number of benzene rings is 1. The van der Waals surface area contributed by atoms with Crippen molar-refractivity contribution in [2.45, 2.75) is 0 Å². The summed E-state index contributed by atoms with van der Waals surface area (Å²) in [5.74, 6) is 0.0320. The Kier molecular flexibility index (Phi) is 3.36. The Bertz CT molecular complexity index is 310. The molecule has 0 radical (unpaired) electrons. The molecule has 12 heavy (non-hydrogen) atoms. The summed E-state index contributed by atoms with van der Waals surface area (Å²) in [5.41, 5.74) is 0. The van der Waals surface area contributed by atoms with Crippen molar-refractivity contribution in [3.63, 3.8) is 0 Å². The molecule has 0 aliphatic heterocycles. The summed E-state index contributed by atoms with van der Waals surface area (Å²) in [5, 5.41) is 0. The largest absolute Gasteiger partial charge is 0.441 e. The van der Waals surface area contributed by atoms with Crippen LogP contribution in [0, 0.1) is 5.82 Å². The van der Waals surface area contributed by atoms with Crippen LogP contribution in [-0.2, 0) is 11.8 Å². The van der Waals surface area contributed by atoms with E-state index in [1.165, 1.54) is 24.3 Å². The predicted molar refractivity (Wildman–Crippen MR) is 53.0 cm³/mol. The van der Waals surface area contributed by atoms with Gasteiger partial charge in [0.1, 0.15) is 11.6 Å². The standard InChI is InChI=1S/C6H4Cl2FOPS/c7-11(8,12)10-6-3-1-5(9)2-4-6/h1-4H. The average Bonchev–Trinajstić information content (AvgIpc) is 1.91. The number of rotatable bonds is 2. The van der Waals surface area contributed by atoms with Gasteiger partial charge in [0.15, 0.2) is 0 Å². The highest BCUT2D eigenvalue weighted by molar-refractivity contribution is 8.36. The summed E-state index contributed by atoms with van der Waals surface area (Å²) < 4.78 is 17.3. The van der Waals surface area contributed by atoms with Crippen molar-refractivity contribution < 1.29 is 8.91 Å². The topological polar surface area (TPSA) is 9.23 Å². The molecule has 6 heteroatoms. The molecule has 0 aliphatic carbocycles. The molecule has 1 aromatic rings. The molecular formula is C6H4Cl2FOPS. The van der Waals surface area contributed by atoms with Crippen LogP contribution in [0.25, 0.3) is 0 Å². The van der Waals surface area contributed by atoms with Gasteiger partial charge in [0.2, 0.25) is 0 Å². The molecule has 0 N–H and O–H groups in total. The van der Waals surface area contributed by atoms with Crippen LogP contribution in [0.15, 0.2) is 24.3 Å². The van der Waals surface area contributed by atoms with E-state index < -0.39 is 4.97 Å². The summed E-state index contributed by atoms with van der Waals surface area (Å²) in [6, 6.07) is 5.32. The molecule has 1 aromatic carbocycles. The van der Waals surface area contributed by atoms with Gasteiger partial charge in [0.05, 0.1) is 0 Å². The Hall–Kier alpha value is 0.180. The van der Waals surface area contributed by atoms with Crippen LogP contribution >= 0.6 is 27.5 Å². The lowest BCUT2D eigenvalue weighted by molar-refractivity contribution is 0.609. The van der Waals surface area contributed by atoms with Crippen molar-refractivity contribution in [2.75, 3.05) is 0 Å². The van der Waals surface area contributed by atoms with Crippen LogP contribution in [0.5, 0.6) is 5.75 Å². The van der Waals surface area contributed by atoms with Gasteiger partial charge in [-0.15, -0.1) is 0 Å². The number of hydrogen-bond acceptors (Lipinski definition) is 2. The van der Waals surface area contributed by atoms with Crippen molar-refractivity contribution in [3.05, 3.63) is 30.1 Å². The van der Waals surface area contributed by atoms with Gasteiger partial charge < -0.3 is 4.52 Å². The molecule has 1 rings (SSSR count). The summed E-state index contributed by atoms with van der Waals surface area (Å²) in [6.07, 6.45) is 0. The fourth-order valence-electron chi connectivity index (χ4n) is 0.618. The van der Waals surface area contributed by atoms with Gasteiger partial charge in [0, 0.05) is 0 Å². The molecule has 0 aromatic heterocycles. The Morgan fingerprint density at radius 2 is 1.75 bits per heavy atom. The first kappa shape index (κ1) is 10.3. The second-order valence-electron chi connectivity index (χ2n) is 1.96. The first-order valence-electron chi connectivity index (χ1n) is 2.92. The fourth-order valence-corrected chi connectivity index (χ4v) is 1.72. The van der Waals surface area contributed by atoms with E-state index in [-0.39, 0.29) is 5.82 Å². The Morgan fingerprint density at radius 1 is 1.25 bits per heavy atom. The summed E-state index contributed by atoms with van der Waals surface area (Å²) in [6.45, 7) is 0. The van der Waals surface area contributed by atoms with Gasteiger partial charge in [-0.25, -0.2) is 4.39 Å². The Labute approximate surface area is 84.1 Å². The minimum Gasteiger partial charge on any atom is -0.441 e.